The van der Waals surface area contributed by atoms with Crippen LogP contribution in [0.25, 0.3) is 6.08 Å². The first-order valence-corrected chi connectivity index (χ1v) is 10.0. The van der Waals surface area contributed by atoms with Crippen molar-refractivity contribution >= 4 is 56.5 Å². The average Bonchev–Trinajstić information content (AvgIpc) is 3.05. The van der Waals surface area contributed by atoms with Crippen molar-refractivity contribution in [2.24, 2.45) is 4.99 Å². The normalized spacial score (nSPS) is 15.7. The van der Waals surface area contributed by atoms with Crippen LogP contribution in [0.15, 0.2) is 50.8 Å². The number of carboxylic acids is 1. The molecule has 1 amide bonds. The van der Waals surface area contributed by atoms with Gasteiger partial charge in [-0.3, -0.25) is 4.79 Å². The van der Waals surface area contributed by atoms with Crippen molar-refractivity contribution in [3.8, 4) is 17.6 Å². The third-order valence-electron chi connectivity index (χ3n) is 3.81. The van der Waals surface area contributed by atoms with Gasteiger partial charge in [0.25, 0.3) is 5.91 Å². The van der Waals surface area contributed by atoms with Crippen molar-refractivity contribution in [2.45, 2.75) is 0 Å². The van der Waals surface area contributed by atoms with Gasteiger partial charge in [0.2, 0.25) is 0 Å². The van der Waals surface area contributed by atoms with Gasteiger partial charge in [-0.05, 0) is 69.7 Å². The van der Waals surface area contributed by atoms with Crippen molar-refractivity contribution < 1.29 is 24.2 Å². The van der Waals surface area contributed by atoms with Crippen molar-refractivity contribution in [3.63, 3.8) is 0 Å². The number of thioether (sulfide) groups is 1. The molecule has 0 radical (unpaired) electrons. The maximum Gasteiger partial charge on any atom is 0.335 e. The van der Waals surface area contributed by atoms with Gasteiger partial charge < -0.3 is 19.9 Å². The Morgan fingerprint density at radius 2 is 2.20 bits per heavy atom. The van der Waals surface area contributed by atoms with E-state index in [1.54, 1.807) is 30.3 Å². The molecule has 10 heteroatoms. The summed E-state index contributed by atoms with van der Waals surface area (Å²) in [5.74, 6) is -0.574. The second-order valence-corrected chi connectivity index (χ2v) is 7.70. The zero-order valence-electron chi connectivity index (χ0n) is 15.5. The quantitative estimate of drug-likeness (QED) is 0.591. The largest absolute Gasteiger partial charge is 0.493 e. The van der Waals surface area contributed by atoms with Gasteiger partial charge in [-0.15, -0.1) is 0 Å². The number of aliphatic imine (C=N–C) groups is 1. The van der Waals surface area contributed by atoms with E-state index in [0.717, 1.165) is 11.8 Å². The zero-order chi connectivity index (χ0) is 21.7. The van der Waals surface area contributed by atoms with Gasteiger partial charge in [-0.25, -0.2) is 9.79 Å². The molecule has 0 atom stereocenters. The van der Waals surface area contributed by atoms with Crippen LogP contribution in [0.3, 0.4) is 0 Å². The molecule has 0 aliphatic carbocycles. The SMILES string of the molecule is COc1cc(/C=C2\SC(=Nc3cccc(C(=O)O)c3)NC2=O)cc(Br)c1OCC#N. The lowest BCUT2D eigenvalue weighted by Gasteiger charge is -2.11. The first kappa shape index (κ1) is 21.4. The molecule has 1 saturated heterocycles. The van der Waals surface area contributed by atoms with Crippen molar-refractivity contribution in [1.82, 2.24) is 5.32 Å². The topological polar surface area (TPSA) is 121 Å². The van der Waals surface area contributed by atoms with Crippen LogP contribution in [0.1, 0.15) is 15.9 Å². The fourth-order valence-electron chi connectivity index (χ4n) is 2.53. The number of benzene rings is 2. The summed E-state index contributed by atoms with van der Waals surface area (Å²) in [4.78, 5) is 28.1. The molecule has 3 rings (SSSR count). The van der Waals surface area contributed by atoms with E-state index in [0.29, 0.717) is 37.3 Å². The maximum absolute atomic E-state index is 12.3. The smallest absolute Gasteiger partial charge is 0.335 e. The molecular formula is C20H14BrN3O5S. The molecule has 0 spiro atoms. The number of nitrogens with zero attached hydrogens (tertiary/aromatic N) is 2. The number of methoxy groups -OCH3 is 1. The van der Waals surface area contributed by atoms with Gasteiger partial charge in [0.15, 0.2) is 23.3 Å². The second-order valence-electron chi connectivity index (χ2n) is 5.82. The monoisotopic (exact) mass is 487 g/mol. The Labute approximate surface area is 184 Å². The molecule has 152 valence electrons. The van der Waals surface area contributed by atoms with Crippen molar-refractivity contribution in [3.05, 3.63) is 56.9 Å². The van der Waals surface area contributed by atoms with Crippen LogP contribution in [0.5, 0.6) is 11.5 Å². The Morgan fingerprint density at radius 1 is 1.40 bits per heavy atom. The molecule has 30 heavy (non-hydrogen) atoms. The van der Waals surface area contributed by atoms with E-state index < -0.39 is 5.97 Å². The van der Waals surface area contributed by atoms with Crippen molar-refractivity contribution in [2.75, 3.05) is 13.7 Å². The highest BCUT2D eigenvalue weighted by Crippen LogP contribution is 2.38. The Balaban J connectivity index is 1.86. The number of amides is 1. The molecule has 0 unspecified atom stereocenters. The highest BCUT2D eigenvalue weighted by atomic mass is 79.9. The number of amidine groups is 1. The molecule has 1 aliphatic rings. The summed E-state index contributed by atoms with van der Waals surface area (Å²) in [7, 11) is 1.48. The first-order chi connectivity index (χ1) is 14.4. The highest BCUT2D eigenvalue weighted by molar-refractivity contribution is 9.10. The van der Waals surface area contributed by atoms with E-state index in [1.165, 1.54) is 19.2 Å². The lowest BCUT2D eigenvalue weighted by atomic mass is 10.2. The number of ether oxygens (including phenoxy) is 2. The molecule has 8 nitrogen and oxygen atoms in total. The number of nitrogens with one attached hydrogen (secondary N) is 1. The van der Waals surface area contributed by atoms with Crippen LogP contribution in [0, 0.1) is 11.3 Å². The number of aromatic carboxylic acids is 1. The van der Waals surface area contributed by atoms with Crippen LogP contribution < -0.4 is 14.8 Å². The summed E-state index contributed by atoms with van der Waals surface area (Å²) >= 11 is 4.52. The molecule has 1 aliphatic heterocycles. The minimum Gasteiger partial charge on any atom is -0.493 e. The van der Waals surface area contributed by atoms with Gasteiger partial charge >= 0.3 is 5.97 Å². The molecule has 2 aromatic rings. The summed E-state index contributed by atoms with van der Waals surface area (Å²) in [6, 6.07) is 11.4. The Kier molecular flexibility index (Phi) is 6.76. The predicted octanol–water partition coefficient (Wildman–Crippen LogP) is 3.95. The second kappa shape index (κ2) is 9.47. The molecule has 2 aromatic carbocycles. The summed E-state index contributed by atoms with van der Waals surface area (Å²) in [5, 5.41) is 20.8. The van der Waals surface area contributed by atoms with Gasteiger partial charge in [-0.1, -0.05) is 6.07 Å². The Bertz CT molecular complexity index is 1120. The standard InChI is InChI=1S/C20H14BrN3O5S/c1-28-15-8-11(7-14(21)17(15)29-6-5-22)9-16-18(25)24-20(30-16)23-13-4-2-3-12(10-13)19(26)27/h2-4,7-10H,6H2,1H3,(H,26,27)(H,23,24,25)/b16-9-. The molecule has 2 N–H and O–H groups in total. The van der Waals surface area contributed by atoms with E-state index in [-0.39, 0.29) is 18.1 Å². The van der Waals surface area contributed by atoms with E-state index in [4.69, 9.17) is 19.8 Å². The average molecular weight is 488 g/mol. The number of nitriles is 1. The fraction of sp³-hybridized carbons (Fsp3) is 0.100. The van der Waals surface area contributed by atoms with E-state index in [2.05, 4.69) is 26.2 Å². The molecule has 1 fully saturated rings. The number of carbonyl (C=O) groups is 2. The minimum absolute atomic E-state index is 0.109. The first-order valence-electron chi connectivity index (χ1n) is 8.41. The summed E-state index contributed by atoms with van der Waals surface area (Å²) in [5.41, 5.74) is 1.20. The number of rotatable bonds is 6. The molecule has 0 bridgehead atoms. The summed E-state index contributed by atoms with van der Waals surface area (Å²) in [6.07, 6.45) is 1.66. The van der Waals surface area contributed by atoms with Gasteiger partial charge in [0, 0.05) is 0 Å². The van der Waals surface area contributed by atoms with Gasteiger partial charge in [0.05, 0.1) is 27.7 Å². The number of hydrogen-bond donors (Lipinski definition) is 2. The van der Waals surface area contributed by atoms with Gasteiger partial charge in [0.1, 0.15) is 6.07 Å². The van der Waals surface area contributed by atoms with Crippen LogP contribution in [-0.4, -0.2) is 35.9 Å². The summed E-state index contributed by atoms with van der Waals surface area (Å²) in [6.45, 7) is -0.128. The number of carbonyl (C=O) groups excluding carboxylic acids is 1. The van der Waals surface area contributed by atoms with Crippen LogP contribution in [0.2, 0.25) is 0 Å². The molecule has 0 aromatic heterocycles. The van der Waals surface area contributed by atoms with E-state index in [9.17, 15) is 9.59 Å². The molecular weight excluding hydrogens is 474 g/mol. The predicted molar refractivity (Wildman–Crippen MR) is 116 cm³/mol. The maximum atomic E-state index is 12.3. The fourth-order valence-corrected chi connectivity index (χ4v) is 3.94. The lowest BCUT2D eigenvalue weighted by Crippen LogP contribution is -2.19. The van der Waals surface area contributed by atoms with Crippen molar-refractivity contribution in [1.29, 1.82) is 5.26 Å². The third-order valence-corrected chi connectivity index (χ3v) is 5.30. The van der Waals surface area contributed by atoms with Crippen LogP contribution in [0.4, 0.5) is 5.69 Å². The minimum atomic E-state index is -1.05. The lowest BCUT2D eigenvalue weighted by molar-refractivity contribution is -0.115. The highest BCUT2D eigenvalue weighted by Gasteiger charge is 2.24. The van der Waals surface area contributed by atoms with Gasteiger partial charge in [-0.2, -0.15) is 5.26 Å². The molecule has 0 saturated carbocycles. The third kappa shape index (κ3) is 5.00. The molecule has 1 heterocycles. The van der Waals surface area contributed by atoms with Crippen LogP contribution >= 0.6 is 27.7 Å². The summed E-state index contributed by atoms with van der Waals surface area (Å²) < 4.78 is 11.3. The zero-order valence-corrected chi connectivity index (χ0v) is 17.9. The number of hydrogen-bond acceptors (Lipinski definition) is 7. The van der Waals surface area contributed by atoms with E-state index in [1.807, 2.05) is 6.07 Å². The number of carboxylic acid groups (broad SMARTS) is 1. The van der Waals surface area contributed by atoms with E-state index >= 15 is 0 Å². The van der Waals surface area contributed by atoms with Crippen LogP contribution in [-0.2, 0) is 4.79 Å². The number of halogens is 1. The Hall–Kier alpha value is -3.29. The Morgan fingerprint density at radius 3 is 2.90 bits per heavy atom.